The van der Waals surface area contributed by atoms with Gasteiger partial charge in [-0.3, -0.25) is 14.4 Å². The summed E-state index contributed by atoms with van der Waals surface area (Å²) in [6, 6.07) is 26.5. The Morgan fingerprint density at radius 2 is 1.70 bits per heavy atom. The van der Waals surface area contributed by atoms with E-state index in [9.17, 15) is 24.3 Å². The molecule has 1 amide bonds. The van der Waals surface area contributed by atoms with E-state index in [1.165, 1.54) is 11.1 Å². The van der Waals surface area contributed by atoms with Crippen LogP contribution in [0.5, 0.6) is 5.75 Å². The van der Waals surface area contributed by atoms with Gasteiger partial charge in [0.05, 0.1) is 10.4 Å². The molecule has 3 heterocycles. The van der Waals surface area contributed by atoms with Crippen molar-refractivity contribution in [2.75, 3.05) is 56.0 Å². The highest BCUT2D eigenvalue weighted by Gasteiger charge is 2.29. The van der Waals surface area contributed by atoms with Crippen molar-refractivity contribution < 1.29 is 34.1 Å². The van der Waals surface area contributed by atoms with Crippen LogP contribution in [0.2, 0.25) is 5.02 Å². The van der Waals surface area contributed by atoms with Gasteiger partial charge in [-0.1, -0.05) is 115 Å². The average molecular weight is 1050 g/mol. The molecule has 6 aromatic rings. The second-order valence-electron chi connectivity index (χ2n) is 19.0. The Morgan fingerprint density at radius 3 is 2.32 bits per heavy atom. The van der Waals surface area contributed by atoms with Crippen LogP contribution in [-0.4, -0.2) is 97.8 Å². The number of aromatic nitrogens is 2. The van der Waals surface area contributed by atoms with Crippen molar-refractivity contribution in [3.05, 3.63) is 118 Å². The number of benzene rings is 4. The lowest BCUT2D eigenvalue weighted by molar-refractivity contribution is -0.122. The molecule has 2 aromatic heterocycles. The van der Waals surface area contributed by atoms with E-state index < -0.39 is 5.97 Å². The molecule has 1 saturated heterocycles. The molecule has 0 saturated carbocycles. The number of nitrogens with one attached hydrogen (secondary N) is 2. The monoisotopic (exact) mass is 1050 g/mol. The van der Waals surface area contributed by atoms with Crippen LogP contribution < -0.4 is 25.2 Å². The molecule has 4 N–H and O–H groups in total. The fourth-order valence-electron chi connectivity index (χ4n) is 9.44. The van der Waals surface area contributed by atoms with Gasteiger partial charge in [0.15, 0.2) is 29.0 Å². The summed E-state index contributed by atoms with van der Waals surface area (Å²) in [5.41, 5.74) is 6.98. The molecule has 2 atom stereocenters. The number of thiophene rings is 1. The number of carbonyl (C=O) groups is 4. The van der Waals surface area contributed by atoms with Crippen molar-refractivity contribution in [2.24, 2.45) is 5.41 Å². The first-order valence-electron chi connectivity index (χ1n) is 25.7. The maximum atomic E-state index is 12.8. The minimum atomic E-state index is -1.13. The minimum Gasteiger partial charge on any atom is -0.483 e. The number of fused-ring (bicyclic) bond motifs is 2. The highest BCUT2D eigenvalue weighted by atomic mass is 35.5. The number of carboxylic acids is 1. The number of aryl methyl sites for hydroxylation is 1. The highest BCUT2D eigenvalue weighted by molar-refractivity contribution is 7.18. The van der Waals surface area contributed by atoms with Crippen LogP contribution in [0.15, 0.2) is 91.5 Å². The third-order valence-electron chi connectivity index (χ3n) is 12.8. The largest absolute Gasteiger partial charge is 0.483 e. The number of carbonyl (C=O) groups excluding carboxylic acids is 3. The number of ether oxygens (including phenoxy) is 1. The van der Waals surface area contributed by atoms with E-state index in [4.69, 9.17) is 21.4 Å². The molecule has 13 nitrogen and oxygen atoms in total. The van der Waals surface area contributed by atoms with E-state index in [0.29, 0.717) is 35.1 Å². The summed E-state index contributed by atoms with van der Waals surface area (Å²) in [5, 5.41) is 35.2. The van der Waals surface area contributed by atoms with Gasteiger partial charge in [0.2, 0.25) is 5.91 Å². The van der Waals surface area contributed by atoms with Gasteiger partial charge < -0.3 is 35.4 Å². The Labute approximate surface area is 447 Å². The van der Waals surface area contributed by atoms with Gasteiger partial charge in [-0.05, 0) is 115 Å². The van der Waals surface area contributed by atoms with Crippen LogP contribution in [0, 0.1) is 5.41 Å². The average Bonchev–Trinajstić information content (AvgIpc) is 3.75. The number of likely N-dealkylation sites (N-methyl/N-ethyl adjacent to an activating group) is 2. The van der Waals surface area contributed by atoms with Crippen molar-refractivity contribution in [3.8, 4) is 16.2 Å². The number of allylic oxidation sites excluding steroid dienone is 1. The summed E-state index contributed by atoms with van der Waals surface area (Å²) in [6.07, 6.45) is 10.8. The van der Waals surface area contributed by atoms with E-state index in [0.717, 1.165) is 127 Å². The van der Waals surface area contributed by atoms with E-state index in [1.807, 2.05) is 74.3 Å². The molecule has 0 radical (unpaired) electrons. The van der Waals surface area contributed by atoms with Gasteiger partial charge in [-0.25, -0.2) is 4.79 Å². The first kappa shape index (κ1) is 60.2. The van der Waals surface area contributed by atoms with Gasteiger partial charge in [0.25, 0.3) is 0 Å². The molecule has 2 unspecified atom stereocenters. The molecule has 0 bridgehead atoms. The van der Waals surface area contributed by atoms with Crippen molar-refractivity contribution in [1.29, 1.82) is 0 Å². The van der Waals surface area contributed by atoms with Crippen molar-refractivity contribution in [2.45, 2.75) is 118 Å². The number of aromatic carboxylic acids is 1. The second-order valence-corrected chi connectivity index (χ2v) is 20.4. The van der Waals surface area contributed by atoms with Gasteiger partial charge in [0, 0.05) is 68.0 Å². The van der Waals surface area contributed by atoms with Gasteiger partial charge in [0.1, 0.15) is 17.7 Å². The van der Waals surface area contributed by atoms with Gasteiger partial charge >= 0.3 is 5.97 Å². The third-order valence-corrected chi connectivity index (χ3v) is 14.5. The fourth-order valence-corrected chi connectivity index (χ4v) is 10.8. The lowest BCUT2D eigenvalue weighted by Crippen LogP contribution is -2.44. The Bertz CT molecular complexity index is 2800. The molecule has 0 aliphatic carbocycles. The van der Waals surface area contributed by atoms with Crippen molar-refractivity contribution in [1.82, 2.24) is 15.5 Å². The molecule has 7 rings (SSSR count). The molecule has 4 aromatic carbocycles. The number of rotatable bonds is 20. The number of aliphatic hydroxyl groups is 1. The van der Waals surface area contributed by atoms with Crippen LogP contribution in [0.3, 0.4) is 0 Å². The number of halogens is 1. The zero-order valence-electron chi connectivity index (χ0n) is 45.0. The van der Waals surface area contributed by atoms with Crippen LogP contribution in [-0.2, 0) is 16.0 Å². The smallest absolute Gasteiger partial charge is 0.349 e. The zero-order valence-corrected chi connectivity index (χ0v) is 46.5. The number of nitrogens with zero attached hydrogens (tertiary/aromatic N) is 4. The number of hydrogen-bond donors (Lipinski definition) is 4. The Balaban J connectivity index is 0.000000317. The summed E-state index contributed by atoms with van der Waals surface area (Å²) in [7, 11) is 4.60. The molecular weight excluding hydrogens is 972 g/mol. The van der Waals surface area contributed by atoms with E-state index in [-0.39, 0.29) is 39.6 Å². The number of carboxylic acid groups (broad SMARTS) is 1. The fraction of sp³-hybridized carbons (Fsp3) is 0.424. The molecule has 15 heteroatoms. The number of amides is 1. The lowest BCUT2D eigenvalue weighted by atomic mass is 9.85. The molecule has 74 heavy (non-hydrogen) atoms. The molecule has 1 aliphatic rings. The SMILES string of the molecule is C=CCCC(C(=O)NC)N(C)c1ccc(C2CCN(c3cc4cc(CC)ccc4nn3)CC2)c2cccc(C=O)c12.CC.CCCC(CC(C)(C)C)Nc1cccc(-c2sc(C(=O)O)c(OCC=O)c2Cl)c1.CO. The number of hydrogen-bond acceptors (Lipinski definition) is 12. The normalized spacial score (nSPS) is 13.2. The maximum absolute atomic E-state index is 12.8. The standard InChI is InChI=1S/C34H39N5O2.C22H28ClNO4S.C2H6.CH4O/c1-5-7-11-31(34(41)35-3)38(4)30-15-13-27(28-10-8-9-25(22-40)33(28)30)24-16-18-39(19-17-24)32-21-26-20-23(6-2)12-14-29(26)36-37-32;1-5-7-16(13-22(2,3)4)24-15-9-6-8-14(12-15)19-17(23)18(28-11-10-25)20(29-19)21(26)27;2*1-2/h5,8-10,12-15,20-22,24,31H,1,6-7,11,16-19H2,2-4H3,(H,35,41);6,8-10,12,16,24H,5,7,11,13H2,1-4H3,(H,26,27);1-2H3;2H,1H3. The first-order valence-corrected chi connectivity index (χ1v) is 26.9. The Kier molecular flexibility index (Phi) is 24.0. The quantitative estimate of drug-likeness (QED) is 0.0421. The number of anilines is 3. The second kappa shape index (κ2) is 29.5. The first-order chi connectivity index (χ1) is 35.6. The van der Waals surface area contributed by atoms with Crippen LogP contribution in [0.1, 0.15) is 130 Å². The topological polar surface area (TPSA) is 174 Å². The van der Waals surface area contributed by atoms with Crippen LogP contribution >= 0.6 is 22.9 Å². The minimum absolute atomic E-state index is 0.0122. The van der Waals surface area contributed by atoms with E-state index in [2.05, 4.69) is 103 Å². The molecule has 1 aliphatic heterocycles. The number of aldehydes is 2. The molecule has 1 fully saturated rings. The highest BCUT2D eigenvalue weighted by Crippen LogP contribution is 2.46. The Morgan fingerprint density at radius 1 is 0.986 bits per heavy atom. The van der Waals surface area contributed by atoms with Crippen molar-refractivity contribution >= 4 is 86.3 Å². The van der Waals surface area contributed by atoms with E-state index >= 15 is 0 Å². The molecule has 0 spiro atoms. The maximum Gasteiger partial charge on any atom is 0.349 e. The molecule has 398 valence electrons. The lowest BCUT2D eigenvalue weighted by Gasteiger charge is -2.34. The third kappa shape index (κ3) is 15.6. The summed E-state index contributed by atoms with van der Waals surface area (Å²) >= 11 is 7.47. The van der Waals surface area contributed by atoms with Crippen LogP contribution in [0.25, 0.3) is 32.1 Å². The number of aliphatic hydroxyl groups excluding tert-OH is 1. The summed E-state index contributed by atoms with van der Waals surface area (Å²) in [4.78, 5) is 52.2. The molecular formula is C59H77ClN6O7S. The number of piperidine rings is 1. The van der Waals surface area contributed by atoms with Crippen LogP contribution in [0.4, 0.5) is 17.2 Å². The van der Waals surface area contributed by atoms with Crippen molar-refractivity contribution in [3.63, 3.8) is 0 Å². The van der Waals surface area contributed by atoms with E-state index in [1.54, 1.807) is 7.05 Å². The van der Waals surface area contributed by atoms with Gasteiger partial charge in [-0.15, -0.1) is 28.1 Å². The summed E-state index contributed by atoms with van der Waals surface area (Å²) < 4.78 is 5.28. The summed E-state index contributed by atoms with van der Waals surface area (Å²) in [5.74, 6) is 0.137. The zero-order chi connectivity index (χ0) is 54.5. The van der Waals surface area contributed by atoms with Gasteiger partial charge in [-0.2, -0.15) is 0 Å². The predicted octanol–water partition coefficient (Wildman–Crippen LogP) is 13.1. The predicted molar refractivity (Wildman–Crippen MR) is 307 cm³/mol. The summed E-state index contributed by atoms with van der Waals surface area (Å²) in [6.45, 7) is 20.4. The Hall–Kier alpha value is -6.35.